The molecule has 1 aromatic rings. The Morgan fingerprint density at radius 1 is 0.722 bits per heavy atom. The number of unbranched alkanes of at least 4 members (excludes halogenated alkanes) is 5. The molecule has 1 rings (SSSR count). The first kappa shape index (κ1) is 15.3. The van der Waals surface area contributed by atoms with Gasteiger partial charge < -0.3 is 0 Å². The second kappa shape index (κ2) is 10.2. The molecule has 0 unspecified atom stereocenters. The summed E-state index contributed by atoms with van der Waals surface area (Å²) in [5, 5.41) is 0. The maximum atomic E-state index is 2.30. The van der Waals surface area contributed by atoms with Crippen LogP contribution >= 0.6 is 0 Å². The van der Waals surface area contributed by atoms with E-state index in [4.69, 9.17) is 0 Å². The van der Waals surface area contributed by atoms with Crippen molar-refractivity contribution >= 4 is 0 Å². The third kappa shape index (κ3) is 6.23. The van der Waals surface area contributed by atoms with Crippen LogP contribution in [0.3, 0.4) is 0 Å². The second-order valence-electron chi connectivity index (χ2n) is 5.45. The van der Waals surface area contributed by atoms with Crippen molar-refractivity contribution < 1.29 is 0 Å². The summed E-state index contributed by atoms with van der Waals surface area (Å²) in [6.45, 7) is 4.59. The van der Waals surface area contributed by atoms with Crippen LogP contribution in [0, 0.1) is 0 Å². The second-order valence-corrected chi connectivity index (χ2v) is 5.45. The summed E-state index contributed by atoms with van der Waals surface area (Å²) in [6.07, 6.45) is 12.5. The fraction of sp³-hybridized carbons (Fsp3) is 0.667. The molecule has 0 aromatic heterocycles. The van der Waals surface area contributed by atoms with Crippen molar-refractivity contribution in [3.63, 3.8) is 0 Å². The highest BCUT2D eigenvalue weighted by Crippen LogP contribution is 2.27. The summed E-state index contributed by atoms with van der Waals surface area (Å²) < 4.78 is 0. The van der Waals surface area contributed by atoms with Crippen LogP contribution in [0.2, 0.25) is 0 Å². The van der Waals surface area contributed by atoms with Crippen molar-refractivity contribution in [2.45, 2.75) is 77.6 Å². The topological polar surface area (TPSA) is 0 Å². The zero-order chi connectivity index (χ0) is 13.1. The highest BCUT2D eigenvalue weighted by molar-refractivity contribution is 5.19. The van der Waals surface area contributed by atoms with Crippen molar-refractivity contribution in [2.24, 2.45) is 0 Å². The van der Waals surface area contributed by atoms with Gasteiger partial charge in [-0.05, 0) is 24.3 Å². The monoisotopic (exact) mass is 246 g/mol. The van der Waals surface area contributed by atoms with E-state index in [0.717, 1.165) is 5.92 Å². The maximum Gasteiger partial charge on any atom is -0.0162 e. The van der Waals surface area contributed by atoms with E-state index in [1.54, 1.807) is 5.56 Å². The Morgan fingerprint density at radius 3 is 2.06 bits per heavy atom. The summed E-state index contributed by atoms with van der Waals surface area (Å²) in [5.74, 6) is 0.794. The third-order valence-corrected chi connectivity index (χ3v) is 3.81. The smallest absolute Gasteiger partial charge is 0.0162 e. The SMILES string of the molecule is CCCCCCCC[C@H](CCC)c1ccccc1. The Morgan fingerprint density at radius 2 is 1.39 bits per heavy atom. The van der Waals surface area contributed by atoms with Crippen LogP contribution in [0.5, 0.6) is 0 Å². The molecule has 0 amide bonds. The molecule has 0 bridgehead atoms. The zero-order valence-electron chi connectivity index (χ0n) is 12.3. The van der Waals surface area contributed by atoms with Crippen LogP contribution in [0.25, 0.3) is 0 Å². The van der Waals surface area contributed by atoms with E-state index < -0.39 is 0 Å². The summed E-state index contributed by atoms with van der Waals surface area (Å²) in [6, 6.07) is 11.1. The minimum Gasteiger partial charge on any atom is -0.0654 e. The average Bonchev–Trinajstić information content (AvgIpc) is 2.42. The number of hydrogen-bond acceptors (Lipinski definition) is 0. The molecule has 0 nitrogen and oxygen atoms in total. The van der Waals surface area contributed by atoms with Gasteiger partial charge in [-0.25, -0.2) is 0 Å². The quantitative estimate of drug-likeness (QED) is 0.424. The molecule has 0 aliphatic heterocycles. The first-order chi connectivity index (χ1) is 8.88. The number of hydrogen-bond donors (Lipinski definition) is 0. The number of rotatable bonds is 10. The molecular weight excluding hydrogens is 216 g/mol. The van der Waals surface area contributed by atoms with Crippen LogP contribution < -0.4 is 0 Å². The van der Waals surface area contributed by atoms with E-state index in [1.165, 1.54) is 57.8 Å². The van der Waals surface area contributed by atoms with Gasteiger partial charge >= 0.3 is 0 Å². The first-order valence-corrected chi connectivity index (χ1v) is 7.93. The first-order valence-electron chi connectivity index (χ1n) is 7.93. The Kier molecular flexibility index (Phi) is 8.63. The van der Waals surface area contributed by atoms with Crippen molar-refractivity contribution in [2.75, 3.05) is 0 Å². The van der Waals surface area contributed by atoms with Gasteiger partial charge in [-0.3, -0.25) is 0 Å². The molecule has 0 radical (unpaired) electrons. The van der Waals surface area contributed by atoms with Gasteiger partial charge in [0, 0.05) is 0 Å². The van der Waals surface area contributed by atoms with E-state index in [0.29, 0.717) is 0 Å². The van der Waals surface area contributed by atoms with Crippen molar-refractivity contribution in [1.82, 2.24) is 0 Å². The van der Waals surface area contributed by atoms with Gasteiger partial charge in [0.15, 0.2) is 0 Å². The summed E-state index contributed by atoms with van der Waals surface area (Å²) in [4.78, 5) is 0. The molecule has 1 aromatic carbocycles. The van der Waals surface area contributed by atoms with Gasteiger partial charge in [-0.1, -0.05) is 89.1 Å². The minimum absolute atomic E-state index is 0.794. The molecule has 0 heteroatoms. The Hall–Kier alpha value is -0.780. The Labute approximate surface area is 114 Å². The van der Waals surface area contributed by atoms with Crippen LogP contribution in [0.1, 0.15) is 83.1 Å². The fourth-order valence-electron chi connectivity index (χ4n) is 2.72. The lowest BCUT2D eigenvalue weighted by Crippen LogP contribution is -1.98. The third-order valence-electron chi connectivity index (χ3n) is 3.81. The largest absolute Gasteiger partial charge is 0.0654 e. The number of benzene rings is 1. The normalized spacial score (nSPS) is 12.6. The summed E-state index contributed by atoms with van der Waals surface area (Å²) in [5.41, 5.74) is 1.55. The fourth-order valence-corrected chi connectivity index (χ4v) is 2.72. The predicted octanol–water partition coefficient (Wildman–Crippen LogP) is 6.32. The van der Waals surface area contributed by atoms with Crippen molar-refractivity contribution in [3.8, 4) is 0 Å². The molecule has 0 aliphatic rings. The van der Waals surface area contributed by atoms with E-state index >= 15 is 0 Å². The molecule has 1 atom stereocenters. The molecule has 0 saturated carbocycles. The van der Waals surface area contributed by atoms with Gasteiger partial charge in [0.05, 0.1) is 0 Å². The van der Waals surface area contributed by atoms with E-state index in [-0.39, 0.29) is 0 Å². The Balaban J connectivity index is 2.26. The van der Waals surface area contributed by atoms with Crippen molar-refractivity contribution in [3.05, 3.63) is 35.9 Å². The van der Waals surface area contributed by atoms with Gasteiger partial charge in [-0.15, -0.1) is 0 Å². The van der Waals surface area contributed by atoms with Gasteiger partial charge in [-0.2, -0.15) is 0 Å². The molecule has 0 fully saturated rings. The van der Waals surface area contributed by atoms with Gasteiger partial charge in [0.2, 0.25) is 0 Å². The predicted molar refractivity (Wildman–Crippen MR) is 82.1 cm³/mol. The molecule has 0 aliphatic carbocycles. The molecular formula is C18H30. The lowest BCUT2D eigenvalue weighted by Gasteiger charge is -2.16. The highest BCUT2D eigenvalue weighted by Gasteiger charge is 2.09. The van der Waals surface area contributed by atoms with Crippen LogP contribution in [-0.4, -0.2) is 0 Å². The van der Waals surface area contributed by atoms with Crippen LogP contribution in [0.15, 0.2) is 30.3 Å². The molecule has 0 heterocycles. The molecule has 0 spiro atoms. The zero-order valence-corrected chi connectivity index (χ0v) is 12.3. The van der Waals surface area contributed by atoms with Crippen molar-refractivity contribution in [1.29, 1.82) is 0 Å². The Bertz CT molecular complexity index is 275. The lowest BCUT2D eigenvalue weighted by atomic mass is 9.89. The van der Waals surface area contributed by atoms with Crippen LogP contribution in [0.4, 0.5) is 0 Å². The maximum absolute atomic E-state index is 2.30. The average molecular weight is 246 g/mol. The van der Waals surface area contributed by atoms with E-state index in [2.05, 4.69) is 44.2 Å². The highest BCUT2D eigenvalue weighted by atomic mass is 14.1. The minimum atomic E-state index is 0.794. The molecule has 0 N–H and O–H groups in total. The van der Waals surface area contributed by atoms with E-state index in [9.17, 15) is 0 Å². The summed E-state index contributed by atoms with van der Waals surface area (Å²) >= 11 is 0. The molecule has 0 saturated heterocycles. The van der Waals surface area contributed by atoms with Crippen LogP contribution in [-0.2, 0) is 0 Å². The molecule has 102 valence electrons. The lowest BCUT2D eigenvalue weighted by molar-refractivity contribution is 0.512. The summed E-state index contributed by atoms with van der Waals surface area (Å²) in [7, 11) is 0. The standard InChI is InChI=1S/C18H30/c1-3-5-6-7-8-10-14-17(13-4-2)18-15-11-9-12-16-18/h9,11-12,15-17H,3-8,10,13-14H2,1-2H3/t17-/m0/s1. The van der Waals surface area contributed by atoms with E-state index in [1.807, 2.05) is 0 Å². The van der Waals surface area contributed by atoms with Gasteiger partial charge in [0.25, 0.3) is 0 Å². The molecule has 18 heavy (non-hydrogen) atoms. The van der Waals surface area contributed by atoms with Gasteiger partial charge in [0.1, 0.15) is 0 Å².